The molecule has 1 heterocycles. The summed E-state index contributed by atoms with van der Waals surface area (Å²) in [5.74, 6) is 1.56. The Kier molecular flexibility index (Phi) is 3.57. The van der Waals surface area contributed by atoms with Gasteiger partial charge in [0.2, 0.25) is 0 Å². The highest BCUT2D eigenvalue weighted by Gasteiger charge is 2.04. The van der Waals surface area contributed by atoms with Gasteiger partial charge in [0, 0.05) is 24.5 Å². The molecule has 6 heteroatoms. The van der Waals surface area contributed by atoms with Crippen LogP contribution in [0.15, 0.2) is 36.7 Å². The van der Waals surface area contributed by atoms with E-state index in [1.54, 1.807) is 18.3 Å². The minimum absolute atomic E-state index is 0.0628. The van der Waals surface area contributed by atoms with Gasteiger partial charge in [0.25, 0.3) is 5.69 Å². The molecule has 0 amide bonds. The van der Waals surface area contributed by atoms with Crippen molar-refractivity contribution in [2.75, 3.05) is 6.61 Å². The van der Waals surface area contributed by atoms with Crippen LogP contribution < -0.4 is 4.74 Å². The normalized spacial score (nSPS) is 10.3. The first kappa shape index (κ1) is 12.1. The highest BCUT2D eigenvalue weighted by atomic mass is 16.6. The van der Waals surface area contributed by atoms with Crippen LogP contribution in [0.2, 0.25) is 0 Å². The monoisotopic (exact) mass is 247 g/mol. The number of hydrogen-bond acceptors (Lipinski definition) is 4. The lowest BCUT2D eigenvalue weighted by molar-refractivity contribution is -0.384. The largest absolute Gasteiger partial charge is 0.492 e. The SMILES string of the molecule is Cc1nccn1CCOc1ccc([N+](=O)[O-])cc1. The number of nitro groups is 1. The van der Waals surface area contributed by atoms with Gasteiger partial charge in [-0.1, -0.05) is 0 Å². The molecule has 2 rings (SSSR count). The number of ether oxygens (including phenoxy) is 1. The van der Waals surface area contributed by atoms with E-state index in [-0.39, 0.29) is 5.69 Å². The average molecular weight is 247 g/mol. The molecular formula is C12H13N3O3. The van der Waals surface area contributed by atoms with Gasteiger partial charge in [0.15, 0.2) is 0 Å². The molecule has 0 N–H and O–H groups in total. The Balaban J connectivity index is 1.87. The summed E-state index contributed by atoms with van der Waals surface area (Å²) in [6.45, 7) is 3.11. The van der Waals surface area contributed by atoms with Crippen molar-refractivity contribution in [3.05, 3.63) is 52.6 Å². The van der Waals surface area contributed by atoms with Crippen molar-refractivity contribution in [1.82, 2.24) is 9.55 Å². The van der Waals surface area contributed by atoms with E-state index >= 15 is 0 Å². The van der Waals surface area contributed by atoms with Crippen molar-refractivity contribution in [2.45, 2.75) is 13.5 Å². The van der Waals surface area contributed by atoms with Gasteiger partial charge < -0.3 is 9.30 Å². The van der Waals surface area contributed by atoms with Crippen LogP contribution >= 0.6 is 0 Å². The predicted octanol–water partition coefficient (Wildman–Crippen LogP) is 2.18. The molecular weight excluding hydrogens is 234 g/mol. The second kappa shape index (κ2) is 5.31. The van der Waals surface area contributed by atoms with Crippen LogP contribution in [-0.4, -0.2) is 21.1 Å². The standard InChI is InChI=1S/C12H13N3O3/c1-10-13-6-7-14(10)8-9-18-12-4-2-11(3-5-12)15(16)17/h2-7H,8-9H2,1H3. The molecule has 0 spiro atoms. The molecule has 0 aliphatic heterocycles. The second-order valence-corrected chi connectivity index (χ2v) is 3.77. The van der Waals surface area contributed by atoms with Crippen LogP contribution in [0.5, 0.6) is 5.75 Å². The number of aromatic nitrogens is 2. The van der Waals surface area contributed by atoms with Gasteiger partial charge >= 0.3 is 0 Å². The zero-order valence-electron chi connectivity index (χ0n) is 9.94. The Morgan fingerprint density at radius 1 is 1.39 bits per heavy atom. The smallest absolute Gasteiger partial charge is 0.269 e. The summed E-state index contributed by atoms with van der Waals surface area (Å²) in [5, 5.41) is 10.5. The molecule has 0 atom stereocenters. The van der Waals surface area contributed by atoms with E-state index in [9.17, 15) is 10.1 Å². The van der Waals surface area contributed by atoms with Crippen LogP contribution in [0.4, 0.5) is 5.69 Å². The number of rotatable bonds is 5. The molecule has 94 valence electrons. The Labute approximate surface area is 104 Å². The third kappa shape index (κ3) is 2.85. The first-order valence-electron chi connectivity index (χ1n) is 5.52. The average Bonchev–Trinajstić information content (AvgIpc) is 2.76. The van der Waals surface area contributed by atoms with E-state index in [4.69, 9.17) is 4.74 Å². The maximum atomic E-state index is 10.5. The van der Waals surface area contributed by atoms with Crippen molar-refractivity contribution in [3.8, 4) is 5.75 Å². The van der Waals surface area contributed by atoms with Crippen LogP contribution in [-0.2, 0) is 6.54 Å². The third-order valence-electron chi connectivity index (χ3n) is 2.57. The van der Waals surface area contributed by atoms with E-state index < -0.39 is 4.92 Å². The highest BCUT2D eigenvalue weighted by molar-refractivity contribution is 5.35. The van der Waals surface area contributed by atoms with E-state index in [1.807, 2.05) is 17.7 Å². The van der Waals surface area contributed by atoms with Gasteiger partial charge in [-0.25, -0.2) is 4.98 Å². The van der Waals surface area contributed by atoms with E-state index in [0.29, 0.717) is 18.9 Å². The van der Waals surface area contributed by atoms with E-state index in [1.165, 1.54) is 12.1 Å². The van der Waals surface area contributed by atoms with Gasteiger partial charge in [-0.15, -0.1) is 0 Å². The number of benzene rings is 1. The Morgan fingerprint density at radius 2 is 2.11 bits per heavy atom. The van der Waals surface area contributed by atoms with Crippen LogP contribution in [0.25, 0.3) is 0 Å². The molecule has 1 aromatic carbocycles. The van der Waals surface area contributed by atoms with Crippen molar-refractivity contribution in [1.29, 1.82) is 0 Å². The number of aryl methyl sites for hydroxylation is 1. The molecule has 0 bridgehead atoms. The number of non-ortho nitro benzene ring substituents is 1. The lowest BCUT2D eigenvalue weighted by Crippen LogP contribution is -2.08. The van der Waals surface area contributed by atoms with E-state index in [2.05, 4.69) is 4.98 Å². The van der Waals surface area contributed by atoms with E-state index in [0.717, 1.165) is 5.82 Å². The summed E-state index contributed by atoms with van der Waals surface area (Å²) in [5.41, 5.74) is 0.0628. The Morgan fingerprint density at radius 3 is 2.67 bits per heavy atom. The number of nitro benzene ring substituents is 1. The molecule has 0 radical (unpaired) electrons. The zero-order chi connectivity index (χ0) is 13.0. The van der Waals surface area contributed by atoms with Crippen LogP contribution in [0.1, 0.15) is 5.82 Å². The summed E-state index contributed by atoms with van der Waals surface area (Å²) in [6.07, 6.45) is 3.62. The lowest BCUT2D eigenvalue weighted by atomic mass is 10.3. The predicted molar refractivity (Wildman–Crippen MR) is 65.6 cm³/mol. The summed E-state index contributed by atoms with van der Waals surface area (Å²) < 4.78 is 7.48. The highest BCUT2D eigenvalue weighted by Crippen LogP contribution is 2.17. The minimum atomic E-state index is -0.432. The molecule has 0 saturated carbocycles. The Bertz CT molecular complexity index is 534. The number of imidazole rings is 1. The summed E-state index contributed by atoms with van der Waals surface area (Å²) in [6, 6.07) is 6.05. The number of nitrogens with zero attached hydrogens (tertiary/aromatic N) is 3. The molecule has 6 nitrogen and oxygen atoms in total. The van der Waals surface area contributed by atoms with Gasteiger partial charge in [0.1, 0.15) is 18.2 Å². The second-order valence-electron chi connectivity index (χ2n) is 3.77. The molecule has 0 saturated heterocycles. The van der Waals surface area contributed by atoms with Crippen LogP contribution in [0.3, 0.4) is 0 Å². The van der Waals surface area contributed by atoms with Gasteiger partial charge in [-0.2, -0.15) is 0 Å². The first-order chi connectivity index (χ1) is 8.66. The first-order valence-corrected chi connectivity index (χ1v) is 5.52. The topological polar surface area (TPSA) is 70.2 Å². The van der Waals surface area contributed by atoms with Gasteiger partial charge in [0.05, 0.1) is 11.5 Å². The Hall–Kier alpha value is -2.37. The molecule has 18 heavy (non-hydrogen) atoms. The lowest BCUT2D eigenvalue weighted by Gasteiger charge is -2.07. The van der Waals surface area contributed by atoms with Crippen molar-refractivity contribution >= 4 is 5.69 Å². The number of hydrogen-bond donors (Lipinski definition) is 0. The summed E-state index contributed by atoms with van der Waals surface area (Å²) in [4.78, 5) is 14.1. The quantitative estimate of drug-likeness (QED) is 0.599. The minimum Gasteiger partial charge on any atom is -0.492 e. The van der Waals surface area contributed by atoms with Crippen LogP contribution in [0, 0.1) is 17.0 Å². The van der Waals surface area contributed by atoms with Crippen molar-refractivity contribution in [3.63, 3.8) is 0 Å². The molecule has 1 aromatic heterocycles. The van der Waals surface area contributed by atoms with Gasteiger partial charge in [-0.3, -0.25) is 10.1 Å². The molecule has 0 aliphatic rings. The van der Waals surface area contributed by atoms with Gasteiger partial charge in [-0.05, 0) is 19.1 Å². The maximum Gasteiger partial charge on any atom is 0.269 e. The van der Waals surface area contributed by atoms with Crippen molar-refractivity contribution in [2.24, 2.45) is 0 Å². The fraction of sp³-hybridized carbons (Fsp3) is 0.250. The fourth-order valence-electron chi connectivity index (χ4n) is 1.57. The molecule has 0 aliphatic carbocycles. The summed E-state index contributed by atoms with van der Waals surface area (Å²) in [7, 11) is 0. The molecule has 0 unspecified atom stereocenters. The summed E-state index contributed by atoms with van der Waals surface area (Å²) >= 11 is 0. The molecule has 2 aromatic rings. The maximum absolute atomic E-state index is 10.5. The molecule has 0 fully saturated rings. The van der Waals surface area contributed by atoms with Crippen molar-refractivity contribution < 1.29 is 9.66 Å². The fourth-order valence-corrected chi connectivity index (χ4v) is 1.57. The zero-order valence-corrected chi connectivity index (χ0v) is 9.94. The third-order valence-corrected chi connectivity index (χ3v) is 2.57.